The number of fused-ring (bicyclic) bond motifs is 2. The van der Waals surface area contributed by atoms with Crippen LogP contribution in [-0.4, -0.2) is 79.2 Å². The summed E-state index contributed by atoms with van der Waals surface area (Å²) in [6, 6.07) is 32.5. The fraction of sp³-hybridized carbons (Fsp3) is 0.552. The lowest BCUT2D eigenvalue weighted by Crippen LogP contribution is -2.50. The van der Waals surface area contributed by atoms with Crippen molar-refractivity contribution in [2.45, 2.75) is 169 Å². The molecular formula is C58H84N4O8. The van der Waals surface area contributed by atoms with E-state index in [1.807, 2.05) is 102 Å². The van der Waals surface area contributed by atoms with Crippen LogP contribution in [0.1, 0.15) is 141 Å². The van der Waals surface area contributed by atoms with Crippen LogP contribution >= 0.6 is 0 Å². The second-order valence-corrected chi connectivity index (χ2v) is 23.4. The van der Waals surface area contributed by atoms with Crippen molar-refractivity contribution in [1.29, 1.82) is 0 Å². The Bertz CT molecular complexity index is 2240. The predicted molar refractivity (Wildman–Crippen MR) is 279 cm³/mol. The van der Waals surface area contributed by atoms with Gasteiger partial charge in [-0.1, -0.05) is 126 Å². The third-order valence-corrected chi connectivity index (χ3v) is 11.6. The van der Waals surface area contributed by atoms with E-state index in [9.17, 15) is 14.7 Å². The molecule has 0 radical (unpaired) electrons. The molecule has 0 saturated carbocycles. The summed E-state index contributed by atoms with van der Waals surface area (Å²) in [5.41, 5.74) is 12.7. The van der Waals surface area contributed by atoms with Crippen LogP contribution in [0.15, 0.2) is 97.1 Å². The number of aliphatic hydroxyl groups excluding tert-OH is 1. The van der Waals surface area contributed by atoms with Gasteiger partial charge in [0.2, 0.25) is 0 Å². The molecule has 0 spiro atoms. The van der Waals surface area contributed by atoms with Crippen molar-refractivity contribution < 1.29 is 38.4 Å². The zero-order valence-electron chi connectivity index (χ0n) is 44.2. The van der Waals surface area contributed by atoms with Crippen LogP contribution in [0.5, 0.6) is 11.5 Å². The Morgan fingerprint density at radius 3 is 1.61 bits per heavy atom. The van der Waals surface area contributed by atoms with Crippen LogP contribution in [0.4, 0.5) is 9.59 Å². The summed E-state index contributed by atoms with van der Waals surface area (Å²) >= 11 is 0. The molecule has 384 valence electrons. The molecule has 4 aromatic rings. The highest BCUT2D eigenvalue weighted by atomic mass is 16.6. The largest absolute Gasteiger partial charge is 0.493 e. The molecule has 4 aromatic carbocycles. The zero-order chi connectivity index (χ0) is 51.3. The van der Waals surface area contributed by atoms with E-state index in [4.69, 9.17) is 29.4 Å². The molecule has 3 heterocycles. The maximum absolute atomic E-state index is 12.5. The lowest BCUT2D eigenvalue weighted by atomic mass is 9.86. The Labute approximate surface area is 419 Å². The number of alkyl carbamates (subject to hydrolysis) is 2. The maximum Gasteiger partial charge on any atom is 0.407 e. The molecular weight excluding hydrogens is 881 g/mol. The molecule has 70 heavy (non-hydrogen) atoms. The monoisotopic (exact) mass is 965 g/mol. The quantitative estimate of drug-likeness (QED) is 0.0814. The molecule has 3 unspecified atom stereocenters. The summed E-state index contributed by atoms with van der Waals surface area (Å²) in [5, 5.41) is 20.5. The first-order chi connectivity index (χ1) is 32.8. The smallest absolute Gasteiger partial charge is 0.407 e. The van der Waals surface area contributed by atoms with Crippen LogP contribution < -0.4 is 31.2 Å². The fourth-order valence-corrected chi connectivity index (χ4v) is 8.48. The van der Waals surface area contributed by atoms with Crippen LogP contribution in [0.3, 0.4) is 0 Å². The van der Waals surface area contributed by atoms with Gasteiger partial charge < -0.3 is 50.5 Å². The molecule has 3 aliphatic heterocycles. The third kappa shape index (κ3) is 20.3. The minimum absolute atomic E-state index is 0.0303. The van der Waals surface area contributed by atoms with E-state index in [1.54, 1.807) is 0 Å². The van der Waals surface area contributed by atoms with E-state index in [0.717, 1.165) is 61.3 Å². The van der Waals surface area contributed by atoms with Crippen molar-refractivity contribution >= 4 is 12.2 Å². The summed E-state index contributed by atoms with van der Waals surface area (Å²) in [4.78, 5) is 24.3. The van der Waals surface area contributed by atoms with Gasteiger partial charge in [-0.2, -0.15) is 0 Å². The summed E-state index contributed by atoms with van der Waals surface area (Å²) in [6.07, 6.45) is 3.45. The van der Waals surface area contributed by atoms with Gasteiger partial charge >= 0.3 is 12.2 Å². The predicted octanol–water partition coefficient (Wildman–Crippen LogP) is 10.8. The Morgan fingerprint density at radius 1 is 0.643 bits per heavy atom. The second kappa shape index (κ2) is 24.8. The molecule has 0 aromatic heterocycles. The molecule has 6 atom stereocenters. The summed E-state index contributed by atoms with van der Waals surface area (Å²) < 4.78 is 27.5. The molecule has 1 saturated heterocycles. The van der Waals surface area contributed by atoms with E-state index in [-0.39, 0.29) is 35.7 Å². The standard InChI is InChI=1S/C29H42N2O4.C15H21NO3.C14H21NO/c1-28(2,3)18-21-12-13-26-22(16-21)23(14-15-34-26)30-19-25(32)24(17-20-10-8-7-9-11-20)31-27(33)35-29(4,5)6;1-15(2,3)19-14(17)16-12(13-10-18-13)9-11-7-5-4-6-8-11;1-14(2,3)9-10-4-5-13-11(8-10)12(15)6-7-16-13/h7-13,16,23-25,30,32H,14-15,17-19H2,1-6H3,(H,31,33);4-8,12-13H,9-10H2,1-3H3,(H,16,17);4-5,8,12H,6-7,9,15H2,1-3H3/t23-,24?,25+;;12-/m0.0/s1. The highest BCUT2D eigenvalue weighted by molar-refractivity contribution is 5.68. The molecule has 0 aliphatic carbocycles. The van der Waals surface area contributed by atoms with Crippen molar-refractivity contribution in [3.63, 3.8) is 0 Å². The second-order valence-electron chi connectivity index (χ2n) is 23.4. The summed E-state index contributed by atoms with van der Waals surface area (Å²) in [6.45, 7) is 26.9. The molecule has 6 N–H and O–H groups in total. The topological polar surface area (TPSA) is 166 Å². The first-order valence-electron chi connectivity index (χ1n) is 25.2. The molecule has 7 rings (SSSR count). The van der Waals surface area contributed by atoms with Crippen molar-refractivity contribution in [3.8, 4) is 11.5 Å². The number of carbonyl (C=O) groups is 2. The van der Waals surface area contributed by atoms with Gasteiger partial charge in [0.1, 0.15) is 28.8 Å². The molecule has 2 amide bonds. The normalized spacial score (nSPS) is 18.7. The lowest BCUT2D eigenvalue weighted by molar-refractivity contribution is 0.0417. The number of amides is 2. The van der Waals surface area contributed by atoms with E-state index < -0.39 is 29.4 Å². The number of hydrogen-bond donors (Lipinski definition) is 5. The van der Waals surface area contributed by atoms with E-state index in [0.29, 0.717) is 31.6 Å². The van der Waals surface area contributed by atoms with Crippen LogP contribution in [-0.2, 0) is 39.9 Å². The fourth-order valence-electron chi connectivity index (χ4n) is 8.48. The van der Waals surface area contributed by atoms with Crippen molar-refractivity contribution in [1.82, 2.24) is 16.0 Å². The van der Waals surface area contributed by atoms with Gasteiger partial charge in [0, 0.05) is 42.6 Å². The van der Waals surface area contributed by atoms with Gasteiger partial charge in [-0.15, -0.1) is 0 Å². The zero-order valence-corrected chi connectivity index (χ0v) is 44.2. The number of nitrogens with two attached hydrogens (primary N) is 1. The number of rotatable bonds is 13. The number of ether oxygens (including phenoxy) is 5. The first-order valence-corrected chi connectivity index (χ1v) is 25.2. The van der Waals surface area contributed by atoms with Gasteiger partial charge in [0.05, 0.1) is 38.0 Å². The Balaban J connectivity index is 0.000000218. The minimum Gasteiger partial charge on any atom is -0.493 e. The average molecular weight is 965 g/mol. The maximum atomic E-state index is 12.5. The molecule has 1 fully saturated rings. The summed E-state index contributed by atoms with van der Waals surface area (Å²) in [5.74, 6) is 1.87. The van der Waals surface area contributed by atoms with E-state index >= 15 is 0 Å². The Morgan fingerprint density at radius 2 is 1.11 bits per heavy atom. The Hall–Kier alpha value is -5.14. The average Bonchev–Trinajstić information content (AvgIpc) is 4.11. The SMILES string of the molecule is CC(C)(C)Cc1ccc2c(c1)[C@@H](N)CCO2.CC(C)(C)Cc1ccc2c(c1)[C@@H](NC[C@@H](O)C(Cc1ccccc1)NC(=O)OC(C)(C)C)CCO2.CC(C)(C)OC(=O)NC(Cc1ccccc1)C1CO1. The van der Waals surface area contributed by atoms with Gasteiger partial charge in [-0.3, -0.25) is 0 Å². The van der Waals surface area contributed by atoms with Gasteiger partial charge in [0.15, 0.2) is 0 Å². The molecule has 3 aliphatic rings. The van der Waals surface area contributed by atoms with Crippen molar-refractivity contribution in [2.75, 3.05) is 26.4 Å². The highest BCUT2D eigenvalue weighted by Crippen LogP contribution is 2.35. The third-order valence-electron chi connectivity index (χ3n) is 11.6. The number of carbonyl (C=O) groups excluding carboxylic acids is 2. The van der Waals surface area contributed by atoms with Crippen molar-refractivity contribution in [3.05, 3.63) is 130 Å². The van der Waals surface area contributed by atoms with Gasteiger partial charge in [-0.05, 0) is 112 Å². The van der Waals surface area contributed by atoms with E-state index in [1.165, 1.54) is 22.3 Å². The highest BCUT2D eigenvalue weighted by Gasteiger charge is 2.35. The molecule has 12 nitrogen and oxygen atoms in total. The number of hydrogen-bond acceptors (Lipinski definition) is 10. The van der Waals surface area contributed by atoms with Crippen LogP contribution in [0.2, 0.25) is 0 Å². The van der Waals surface area contributed by atoms with E-state index in [2.05, 4.69) is 93.9 Å². The number of benzene rings is 4. The minimum atomic E-state index is -0.799. The van der Waals surface area contributed by atoms with Crippen LogP contribution in [0.25, 0.3) is 0 Å². The number of epoxide rings is 1. The van der Waals surface area contributed by atoms with Crippen molar-refractivity contribution in [2.24, 2.45) is 16.6 Å². The number of nitrogens with one attached hydrogen (secondary N) is 3. The van der Waals surface area contributed by atoms with Gasteiger partial charge in [0.25, 0.3) is 0 Å². The van der Waals surface area contributed by atoms with Gasteiger partial charge in [-0.25, -0.2) is 9.59 Å². The number of aliphatic hydroxyl groups is 1. The lowest BCUT2D eigenvalue weighted by Gasteiger charge is -2.31. The first kappa shape index (κ1) is 55.8. The Kier molecular flexibility index (Phi) is 19.8. The van der Waals surface area contributed by atoms with Crippen LogP contribution in [0, 0.1) is 10.8 Å². The molecule has 0 bridgehead atoms. The molecule has 12 heteroatoms. The summed E-state index contributed by atoms with van der Waals surface area (Å²) in [7, 11) is 0.